The molecule has 0 atom stereocenters. The molecule has 1 aromatic heterocycles. The fraction of sp³-hybridized carbons (Fsp3) is 0.375. The van der Waals surface area contributed by atoms with Crippen molar-refractivity contribution in [2.75, 3.05) is 13.6 Å². The molecule has 0 amide bonds. The van der Waals surface area contributed by atoms with Crippen LogP contribution in [0.5, 0.6) is 0 Å². The molecule has 1 aromatic carbocycles. The van der Waals surface area contributed by atoms with E-state index in [9.17, 15) is 4.79 Å². The van der Waals surface area contributed by atoms with Gasteiger partial charge in [-0.3, -0.25) is 9.78 Å². The van der Waals surface area contributed by atoms with Crippen LogP contribution in [0.4, 0.5) is 0 Å². The van der Waals surface area contributed by atoms with Gasteiger partial charge in [-0.25, -0.2) is 0 Å². The van der Waals surface area contributed by atoms with Gasteiger partial charge in [-0.15, -0.1) is 0 Å². The third-order valence-electron chi connectivity index (χ3n) is 4.02. The number of para-hydroxylation sites is 1. The van der Waals surface area contributed by atoms with E-state index in [1.165, 1.54) is 5.56 Å². The number of nitrogens with zero attached hydrogens (tertiary/aromatic N) is 2. The van der Waals surface area contributed by atoms with Crippen molar-refractivity contribution in [1.82, 2.24) is 9.88 Å². The first-order chi connectivity index (χ1) is 10.1. The first kappa shape index (κ1) is 14.3. The van der Waals surface area contributed by atoms with Crippen molar-refractivity contribution in [2.45, 2.75) is 25.8 Å². The van der Waals surface area contributed by atoms with Crippen molar-refractivity contribution < 1.29 is 9.90 Å². The molecule has 21 heavy (non-hydrogen) atoms. The summed E-state index contributed by atoms with van der Waals surface area (Å²) < 4.78 is 0. The highest BCUT2D eigenvalue weighted by Crippen LogP contribution is 2.31. The fourth-order valence-corrected chi connectivity index (χ4v) is 3.19. The molecule has 1 aliphatic rings. The third kappa shape index (κ3) is 2.74. The summed E-state index contributed by atoms with van der Waals surface area (Å²) in [6.07, 6.45) is 1.53. The second-order valence-corrected chi connectivity index (χ2v) is 5.94. The smallest absolute Gasteiger partial charge is 0.303 e. The number of hydrogen-bond acceptors (Lipinski definition) is 3. The van der Waals surface area contributed by atoms with E-state index < -0.39 is 5.97 Å². The van der Waals surface area contributed by atoms with Gasteiger partial charge in [0.2, 0.25) is 0 Å². The Morgan fingerprint density at radius 3 is 3.05 bits per heavy atom. The quantitative estimate of drug-likeness (QED) is 0.947. The summed E-state index contributed by atoms with van der Waals surface area (Å²) in [4.78, 5) is 17.9. The SMILES string of the molecule is CN1CCc2nc3c(Cl)cccc3c(CCC(=O)O)c2C1. The van der Waals surface area contributed by atoms with Gasteiger partial charge in [-0.1, -0.05) is 23.7 Å². The molecular weight excluding hydrogens is 288 g/mol. The summed E-state index contributed by atoms with van der Waals surface area (Å²) in [5.41, 5.74) is 4.13. The standard InChI is InChI=1S/C16H17ClN2O2/c1-19-8-7-14-12(9-19)10(5-6-15(20)21)11-3-2-4-13(17)16(11)18-14/h2-4H,5-9H2,1H3,(H,20,21). The summed E-state index contributed by atoms with van der Waals surface area (Å²) in [7, 11) is 2.08. The van der Waals surface area contributed by atoms with E-state index in [1.807, 2.05) is 18.2 Å². The number of fused-ring (bicyclic) bond motifs is 2. The number of carboxylic acids is 1. The third-order valence-corrected chi connectivity index (χ3v) is 4.32. The normalized spacial score (nSPS) is 15.1. The lowest BCUT2D eigenvalue weighted by molar-refractivity contribution is -0.136. The summed E-state index contributed by atoms with van der Waals surface area (Å²) in [5.74, 6) is -0.778. The highest BCUT2D eigenvalue weighted by molar-refractivity contribution is 6.35. The maximum Gasteiger partial charge on any atom is 0.303 e. The van der Waals surface area contributed by atoms with E-state index in [1.54, 1.807) is 0 Å². The molecule has 0 spiro atoms. The molecule has 0 saturated carbocycles. The fourth-order valence-electron chi connectivity index (χ4n) is 2.97. The summed E-state index contributed by atoms with van der Waals surface area (Å²) in [6.45, 7) is 1.79. The highest BCUT2D eigenvalue weighted by Gasteiger charge is 2.21. The van der Waals surface area contributed by atoms with E-state index in [2.05, 4.69) is 11.9 Å². The van der Waals surface area contributed by atoms with Gasteiger partial charge in [0.05, 0.1) is 10.5 Å². The molecule has 0 aliphatic carbocycles. The van der Waals surface area contributed by atoms with Crippen LogP contribution in [-0.2, 0) is 24.2 Å². The number of benzene rings is 1. The Balaban J connectivity index is 2.20. The first-order valence-corrected chi connectivity index (χ1v) is 7.43. The second kappa shape index (κ2) is 5.62. The van der Waals surface area contributed by atoms with Gasteiger partial charge in [0, 0.05) is 37.0 Å². The van der Waals surface area contributed by atoms with Crippen LogP contribution in [0, 0.1) is 0 Å². The molecule has 3 rings (SSSR count). The zero-order valence-electron chi connectivity index (χ0n) is 11.9. The first-order valence-electron chi connectivity index (χ1n) is 7.05. The number of halogens is 1. The number of hydrogen-bond donors (Lipinski definition) is 1. The van der Waals surface area contributed by atoms with Gasteiger partial charge in [0.25, 0.3) is 0 Å². The van der Waals surface area contributed by atoms with Crippen LogP contribution in [-0.4, -0.2) is 34.6 Å². The summed E-state index contributed by atoms with van der Waals surface area (Å²) in [6, 6.07) is 5.72. The van der Waals surface area contributed by atoms with Crippen LogP contribution in [0.3, 0.4) is 0 Å². The Hall–Kier alpha value is -1.65. The number of carboxylic acid groups (broad SMARTS) is 1. The molecule has 5 heteroatoms. The number of rotatable bonds is 3. The molecule has 1 N–H and O–H groups in total. The maximum atomic E-state index is 11.0. The summed E-state index contributed by atoms with van der Waals surface area (Å²) >= 11 is 6.27. The number of carbonyl (C=O) groups is 1. The molecule has 0 saturated heterocycles. The van der Waals surface area contributed by atoms with Crippen LogP contribution < -0.4 is 0 Å². The Morgan fingerprint density at radius 1 is 1.48 bits per heavy atom. The Labute approximate surface area is 128 Å². The van der Waals surface area contributed by atoms with Crippen molar-refractivity contribution in [1.29, 1.82) is 0 Å². The van der Waals surface area contributed by atoms with Crippen molar-refractivity contribution in [2.24, 2.45) is 0 Å². The molecule has 0 unspecified atom stereocenters. The van der Waals surface area contributed by atoms with Gasteiger partial charge < -0.3 is 10.0 Å². The number of aryl methyl sites for hydroxylation is 1. The van der Waals surface area contributed by atoms with Crippen molar-refractivity contribution >= 4 is 28.5 Å². The van der Waals surface area contributed by atoms with Gasteiger partial charge in [-0.05, 0) is 30.7 Å². The van der Waals surface area contributed by atoms with Crippen molar-refractivity contribution in [3.63, 3.8) is 0 Å². The Kier molecular flexibility index (Phi) is 3.83. The van der Waals surface area contributed by atoms with Crippen LogP contribution in [0.25, 0.3) is 10.9 Å². The second-order valence-electron chi connectivity index (χ2n) is 5.53. The largest absolute Gasteiger partial charge is 0.481 e. The van der Waals surface area contributed by atoms with E-state index in [-0.39, 0.29) is 6.42 Å². The number of aromatic nitrogens is 1. The molecule has 0 fully saturated rings. The van der Waals surface area contributed by atoms with Gasteiger partial charge in [0.15, 0.2) is 0 Å². The molecule has 110 valence electrons. The maximum absolute atomic E-state index is 11.0. The lowest BCUT2D eigenvalue weighted by atomic mass is 9.93. The number of pyridine rings is 1. The van der Waals surface area contributed by atoms with Crippen LogP contribution >= 0.6 is 11.6 Å². The molecule has 2 aromatic rings. The average Bonchev–Trinajstić information content (AvgIpc) is 2.44. The zero-order valence-corrected chi connectivity index (χ0v) is 12.7. The topological polar surface area (TPSA) is 53.4 Å². The molecule has 0 radical (unpaired) electrons. The Morgan fingerprint density at radius 2 is 2.29 bits per heavy atom. The molecule has 1 aliphatic heterocycles. The minimum absolute atomic E-state index is 0.127. The average molecular weight is 305 g/mol. The highest BCUT2D eigenvalue weighted by atomic mass is 35.5. The Bertz CT molecular complexity index is 715. The molecule has 2 heterocycles. The van der Waals surface area contributed by atoms with Gasteiger partial charge >= 0.3 is 5.97 Å². The van der Waals surface area contributed by atoms with E-state index in [0.29, 0.717) is 11.4 Å². The molecular formula is C16H17ClN2O2. The molecule has 4 nitrogen and oxygen atoms in total. The lowest BCUT2D eigenvalue weighted by Crippen LogP contribution is -2.28. The lowest BCUT2D eigenvalue weighted by Gasteiger charge is -2.27. The molecule has 0 bridgehead atoms. The van der Waals surface area contributed by atoms with Crippen molar-refractivity contribution in [3.05, 3.63) is 40.0 Å². The van der Waals surface area contributed by atoms with E-state index in [4.69, 9.17) is 21.7 Å². The van der Waals surface area contributed by atoms with Gasteiger partial charge in [0.1, 0.15) is 0 Å². The van der Waals surface area contributed by atoms with E-state index >= 15 is 0 Å². The van der Waals surface area contributed by atoms with E-state index in [0.717, 1.165) is 41.7 Å². The van der Waals surface area contributed by atoms with Crippen LogP contribution in [0.1, 0.15) is 23.2 Å². The predicted octanol–water partition coefficient (Wildman–Crippen LogP) is 2.89. The van der Waals surface area contributed by atoms with Gasteiger partial charge in [-0.2, -0.15) is 0 Å². The summed E-state index contributed by atoms with van der Waals surface area (Å²) in [5, 5.41) is 10.6. The van der Waals surface area contributed by atoms with Crippen LogP contribution in [0.2, 0.25) is 5.02 Å². The monoisotopic (exact) mass is 304 g/mol. The van der Waals surface area contributed by atoms with Crippen LogP contribution in [0.15, 0.2) is 18.2 Å². The zero-order chi connectivity index (χ0) is 15.0. The number of aliphatic carboxylic acids is 1. The predicted molar refractivity (Wildman–Crippen MR) is 82.7 cm³/mol. The minimum Gasteiger partial charge on any atom is -0.481 e. The number of likely N-dealkylation sites (N-methyl/N-ethyl adjacent to an activating group) is 1. The minimum atomic E-state index is -0.778. The van der Waals surface area contributed by atoms with Crippen molar-refractivity contribution in [3.8, 4) is 0 Å².